The van der Waals surface area contributed by atoms with E-state index in [0.29, 0.717) is 44.1 Å². The van der Waals surface area contributed by atoms with Crippen LogP contribution in [0, 0.1) is 5.92 Å². The predicted octanol–water partition coefficient (Wildman–Crippen LogP) is 3.46. The van der Waals surface area contributed by atoms with Crippen molar-refractivity contribution in [3.05, 3.63) is 59.1 Å². The third kappa shape index (κ3) is 5.50. The third-order valence-electron chi connectivity index (χ3n) is 4.95. The highest BCUT2D eigenvalue weighted by atomic mass is 35.5. The van der Waals surface area contributed by atoms with E-state index in [2.05, 4.69) is 5.32 Å². The zero-order chi connectivity index (χ0) is 20.9. The Morgan fingerprint density at radius 3 is 2.52 bits per heavy atom. The lowest BCUT2D eigenvalue weighted by Gasteiger charge is -2.30. The van der Waals surface area contributed by atoms with Gasteiger partial charge in [-0.2, -0.15) is 4.31 Å². The Morgan fingerprint density at radius 2 is 1.86 bits per heavy atom. The van der Waals surface area contributed by atoms with Gasteiger partial charge in [0.25, 0.3) is 0 Å². The molecule has 0 aromatic heterocycles. The number of sulfonamides is 1. The second-order valence-corrected chi connectivity index (χ2v) is 9.30. The average molecular weight is 437 g/mol. The molecule has 1 amide bonds. The average Bonchev–Trinajstić information content (AvgIpc) is 2.73. The zero-order valence-corrected chi connectivity index (χ0v) is 17.9. The number of piperidine rings is 1. The van der Waals surface area contributed by atoms with Gasteiger partial charge in [-0.1, -0.05) is 23.7 Å². The summed E-state index contributed by atoms with van der Waals surface area (Å²) < 4.78 is 32.4. The molecular formula is C21H25ClN2O4S. The van der Waals surface area contributed by atoms with E-state index in [4.69, 9.17) is 16.3 Å². The van der Waals surface area contributed by atoms with E-state index in [1.165, 1.54) is 16.4 Å². The number of amides is 1. The van der Waals surface area contributed by atoms with Crippen LogP contribution in [0.5, 0.6) is 5.75 Å². The molecule has 29 heavy (non-hydrogen) atoms. The van der Waals surface area contributed by atoms with Gasteiger partial charge in [0.15, 0.2) is 0 Å². The van der Waals surface area contributed by atoms with Crippen LogP contribution in [0.4, 0.5) is 0 Å². The number of nitrogens with zero attached hydrogens (tertiary/aromatic N) is 1. The van der Waals surface area contributed by atoms with Gasteiger partial charge in [0.2, 0.25) is 15.9 Å². The molecule has 2 aromatic rings. The fourth-order valence-electron chi connectivity index (χ4n) is 3.36. The van der Waals surface area contributed by atoms with Crippen molar-refractivity contribution in [2.24, 2.45) is 5.92 Å². The Balaban J connectivity index is 1.53. The smallest absolute Gasteiger partial charge is 0.243 e. The van der Waals surface area contributed by atoms with Crippen LogP contribution in [0.3, 0.4) is 0 Å². The zero-order valence-electron chi connectivity index (χ0n) is 16.3. The molecule has 0 atom stereocenters. The highest BCUT2D eigenvalue weighted by molar-refractivity contribution is 7.89. The molecule has 1 aliphatic heterocycles. The van der Waals surface area contributed by atoms with Crippen LogP contribution in [-0.2, 0) is 21.4 Å². The van der Waals surface area contributed by atoms with Crippen LogP contribution in [0.25, 0.3) is 0 Å². The quantitative estimate of drug-likeness (QED) is 0.721. The molecule has 2 aromatic carbocycles. The second-order valence-electron chi connectivity index (χ2n) is 6.93. The summed E-state index contributed by atoms with van der Waals surface area (Å²) in [6, 6.07) is 13.8. The minimum absolute atomic E-state index is 0.0460. The van der Waals surface area contributed by atoms with Gasteiger partial charge in [-0.15, -0.1) is 0 Å². The van der Waals surface area contributed by atoms with Crippen LogP contribution >= 0.6 is 11.6 Å². The lowest BCUT2D eigenvalue weighted by atomic mass is 9.97. The van der Waals surface area contributed by atoms with Crippen molar-refractivity contribution in [3.63, 3.8) is 0 Å². The van der Waals surface area contributed by atoms with Gasteiger partial charge in [-0.3, -0.25) is 4.79 Å². The van der Waals surface area contributed by atoms with Crippen molar-refractivity contribution in [1.82, 2.24) is 9.62 Å². The van der Waals surface area contributed by atoms with E-state index in [-0.39, 0.29) is 16.7 Å². The van der Waals surface area contributed by atoms with Crippen molar-refractivity contribution in [1.29, 1.82) is 0 Å². The molecule has 0 unspecified atom stereocenters. The maximum atomic E-state index is 12.7. The standard InChI is InChI=1S/C21H25ClN2O4S/c1-2-28-19-5-3-4-16(14-19)15-23-21(25)17-10-12-24(13-11-17)29(26,27)20-8-6-18(22)7-9-20/h3-9,14,17H,2,10-13,15H2,1H3,(H,23,25). The van der Waals surface area contributed by atoms with E-state index < -0.39 is 10.0 Å². The number of carbonyl (C=O) groups excluding carboxylic acids is 1. The van der Waals surface area contributed by atoms with Gasteiger partial charge in [-0.25, -0.2) is 8.42 Å². The van der Waals surface area contributed by atoms with E-state index in [9.17, 15) is 13.2 Å². The number of carbonyl (C=O) groups is 1. The van der Waals surface area contributed by atoms with Crippen LogP contribution in [0.2, 0.25) is 5.02 Å². The first-order valence-corrected chi connectivity index (χ1v) is 11.5. The maximum absolute atomic E-state index is 12.7. The first-order valence-electron chi connectivity index (χ1n) is 9.65. The van der Waals surface area contributed by atoms with Crippen LogP contribution < -0.4 is 10.1 Å². The molecule has 0 radical (unpaired) electrons. The number of hydrogen-bond acceptors (Lipinski definition) is 4. The summed E-state index contributed by atoms with van der Waals surface area (Å²) in [4.78, 5) is 12.7. The Labute approximate surface area is 176 Å². The van der Waals surface area contributed by atoms with E-state index in [0.717, 1.165) is 11.3 Å². The van der Waals surface area contributed by atoms with E-state index >= 15 is 0 Å². The molecule has 1 heterocycles. The van der Waals surface area contributed by atoms with E-state index in [1.54, 1.807) is 12.1 Å². The molecule has 1 saturated heterocycles. The molecule has 0 aliphatic carbocycles. The molecule has 3 rings (SSSR count). The third-order valence-corrected chi connectivity index (χ3v) is 7.12. The molecule has 1 aliphatic rings. The van der Waals surface area contributed by atoms with Gasteiger partial charge in [0.05, 0.1) is 11.5 Å². The number of benzene rings is 2. The number of nitrogens with one attached hydrogen (secondary N) is 1. The van der Waals surface area contributed by atoms with Gasteiger partial charge in [-0.05, 0) is 61.7 Å². The Morgan fingerprint density at radius 1 is 1.17 bits per heavy atom. The van der Waals surface area contributed by atoms with Crippen LogP contribution in [-0.4, -0.2) is 38.3 Å². The summed E-state index contributed by atoms with van der Waals surface area (Å²) in [5.74, 6) is 0.539. The summed E-state index contributed by atoms with van der Waals surface area (Å²) in [7, 11) is -3.56. The molecule has 8 heteroatoms. The van der Waals surface area contributed by atoms with Gasteiger partial charge >= 0.3 is 0 Å². The number of rotatable bonds is 7. The Kier molecular flexibility index (Phi) is 7.16. The SMILES string of the molecule is CCOc1cccc(CNC(=O)C2CCN(S(=O)(=O)c3ccc(Cl)cc3)CC2)c1. The molecule has 0 bridgehead atoms. The maximum Gasteiger partial charge on any atom is 0.243 e. The van der Waals surface area contributed by atoms with Crippen LogP contribution in [0.1, 0.15) is 25.3 Å². The molecule has 1 fully saturated rings. The fraction of sp³-hybridized carbons (Fsp3) is 0.381. The molecule has 156 valence electrons. The minimum Gasteiger partial charge on any atom is -0.494 e. The molecular weight excluding hydrogens is 412 g/mol. The highest BCUT2D eigenvalue weighted by Crippen LogP contribution is 2.25. The summed E-state index contributed by atoms with van der Waals surface area (Å²) in [5.41, 5.74) is 0.965. The van der Waals surface area contributed by atoms with Gasteiger partial charge < -0.3 is 10.1 Å². The van der Waals surface area contributed by atoms with Crippen molar-refractivity contribution in [2.45, 2.75) is 31.2 Å². The number of halogens is 1. The molecule has 0 saturated carbocycles. The molecule has 0 spiro atoms. The normalized spacial score (nSPS) is 15.8. The lowest BCUT2D eigenvalue weighted by molar-refractivity contribution is -0.126. The van der Waals surface area contributed by atoms with Gasteiger partial charge in [0.1, 0.15) is 5.75 Å². The van der Waals surface area contributed by atoms with Gasteiger partial charge in [0, 0.05) is 30.6 Å². The number of ether oxygens (including phenoxy) is 1. The Bertz CT molecular complexity index is 939. The summed E-state index contributed by atoms with van der Waals surface area (Å²) in [6.45, 7) is 3.58. The summed E-state index contributed by atoms with van der Waals surface area (Å²) >= 11 is 5.84. The highest BCUT2D eigenvalue weighted by Gasteiger charge is 2.31. The second kappa shape index (κ2) is 9.61. The monoisotopic (exact) mass is 436 g/mol. The molecule has 1 N–H and O–H groups in total. The Hall–Kier alpha value is -2.09. The van der Waals surface area contributed by atoms with E-state index in [1.807, 2.05) is 31.2 Å². The first kappa shape index (κ1) is 21.6. The summed E-state index contributed by atoms with van der Waals surface area (Å²) in [6.07, 6.45) is 0.995. The largest absolute Gasteiger partial charge is 0.494 e. The van der Waals surface area contributed by atoms with Crippen molar-refractivity contribution < 1.29 is 17.9 Å². The van der Waals surface area contributed by atoms with Crippen LogP contribution in [0.15, 0.2) is 53.4 Å². The topological polar surface area (TPSA) is 75.7 Å². The predicted molar refractivity (Wildman–Crippen MR) is 112 cm³/mol. The minimum atomic E-state index is -3.56. The van der Waals surface area contributed by atoms with Crippen molar-refractivity contribution >= 4 is 27.5 Å². The number of hydrogen-bond donors (Lipinski definition) is 1. The first-order chi connectivity index (χ1) is 13.9. The van der Waals surface area contributed by atoms with Crippen molar-refractivity contribution in [3.8, 4) is 5.75 Å². The fourth-order valence-corrected chi connectivity index (χ4v) is 4.96. The molecule has 6 nitrogen and oxygen atoms in total. The van der Waals surface area contributed by atoms with Crippen molar-refractivity contribution in [2.75, 3.05) is 19.7 Å². The summed E-state index contributed by atoms with van der Waals surface area (Å²) in [5, 5.41) is 3.44. The lowest BCUT2D eigenvalue weighted by Crippen LogP contribution is -2.42.